The molecule has 2 aliphatic rings. The first-order valence-corrected chi connectivity index (χ1v) is 29.1. The summed E-state index contributed by atoms with van der Waals surface area (Å²) < 4.78 is 220. The lowest BCUT2D eigenvalue weighted by molar-refractivity contribution is -0.158. The number of sulfone groups is 1. The van der Waals surface area contributed by atoms with Crippen LogP contribution in [0.1, 0.15) is 86.9 Å². The van der Waals surface area contributed by atoms with Gasteiger partial charge in [0.15, 0.2) is 27.4 Å². The lowest BCUT2D eigenvalue weighted by Crippen LogP contribution is -2.53. The molecule has 440 valence electrons. The van der Waals surface area contributed by atoms with Crippen LogP contribution in [0.2, 0.25) is 5.02 Å². The van der Waals surface area contributed by atoms with Gasteiger partial charge in [0.1, 0.15) is 46.5 Å². The average molecular weight is 1240 g/mol. The first-order chi connectivity index (χ1) is 36.9. The Bertz CT molecular complexity index is 3720. The average Bonchev–Trinajstić information content (AvgIpc) is 2.12. The number of aromatic nitrogens is 5. The SMILES string of the molecule is CC(C)(C)OC(=O)C(COP(=O)(O)O)NC(=O)N(c1nn(CC(F)(F)F)c2c(-c3ccc(C#CC(C)(C)S(C)(=O)=O)nc3C(Cc3cc(F)cc(F)c3)NC(=O)Cn3nc(C(F)(F)F)c4c3C(F)(F)[C@@H]3C[C@H]43)ccc(Cl)c12)S(C)(=O)=O. The predicted octanol–water partition coefficient (Wildman–Crippen LogP) is 7.59. The second-order valence-corrected chi connectivity index (χ2v) is 26.4. The van der Waals surface area contributed by atoms with Crippen LogP contribution in [-0.4, -0.2) is 111 Å². The number of benzene rings is 2. The smallest absolute Gasteiger partial charge is 0.458 e. The summed E-state index contributed by atoms with van der Waals surface area (Å²) in [7, 11) is -14.6. The standard InChI is InChI=1S/C47H46ClF10N8O12PS2/c1-43(2,3)78-41(68)32(20-77-79(70,71)72)61-42(69)66(81(7,75)76)40-35-30(48)11-10-27(37(35)65(63-40)21-45(51,52)53)26-9-8-25(12-13-44(4,5)80(6,73)74)59-36(26)31(16-22-14-23(49)17-24(50)15-22)60-33(67)19-64-39-34(38(62-64)47(56,57)58)28-18-29(28)46(39,54)55/h8-11,14-15,17,28-29,31-32H,16,18-21H2,1-7H3,(H,60,67)(H,61,69)(H2,70,71,72)/t28-,29+,31?,32?/m0/s1. The van der Waals surface area contributed by atoms with Crippen molar-refractivity contribution < 1.29 is 98.7 Å². The molecule has 7 rings (SSSR count). The molecule has 4 N–H and O–H groups in total. The lowest BCUT2D eigenvalue weighted by atomic mass is 9.93. The third-order valence-corrected chi connectivity index (χ3v) is 16.2. The number of hydrogen-bond acceptors (Lipinski definition) is 13. The van der Waals surface area contributed by atoms with Crippen molar-refractivity contribution in [1.29, 1.82) is 0 Å². The van der Waals surface area contributed by atoms with Gasteiger partial charge >= 0.3 is 32.2 Å². The number of esters is 1. The second kappa shape index (κ2) is 21.4. The van der Waals surface area contributed by atoms with Gasteiger partial charge in [0.05, 0.1) is 40.5 Å². The van der Waals surface area contributed by atoms with Gasteiger partial charge < -0.3 is 25.2 Å². The quantitative estimate of drug-likeness (QED) is 0.0321. The number of nitrogens with zero attached hydrogens (tertiary/aromatic N) is 6. The summed E-state index contributed by atoms with van der Waals surface area (Å²) in [5, 5.41) is 9.99. The van der Waals surface area contributed by atoms with E-state index in [4.69, 9.17) is 16.3 Å². The maximum atomic E-state index is 15.7. The number of urea groups is 1. The van der Waals surface area contributed by atoms with Gasteiger partial charge in [0.2, 0.25) is 15.9 Å². The van der Waals surface area contributed by atoms with E-state index in [0.717, 1.165) is 42.7 Å². The van der Waals surface area contributed by atoms with Crippen molar-refractivity contribution in [3.63, 3.8) is 0 Å². The molecule has 1 saturated carbocycles. The molecule has 2 aromatic carbocycles. The normalized spacial score (nSPS) is 17.1. The largest absolute Gasteiger partial charge is 0.469 e. The molecule has 81 heavy (non-hydrogen) atoms. The molecule has 0 aliphatic heterocycles. The van der Waals surface area contributed by atoms with Crippen molar-refractivity contribution in [2.45, 2.75) is 107 Å². The zero-order chi connectivity index (χ0) is 60.7. The van der Waals surface area contributed by atoms with Gasteiger partial charge in [-0.1, -0.05) is 23.6 Å². The van der Waals surface area contributed by atoms with Crippen LogP contribution < -0.4 is 14.9 Å². The van der Waals surface area contributed by atoms with Crippen LogP contribution in [0.15, 0.2) is 42.5 Å². The number of hydrogen-bond donors (Lipinski definition) is 4. The summed E-state index contributed by atoms with van der Waals surface area (Å²) in [6, 6.07) is -0.0452. The molecule has 34 heteroatoms. The van der Waals surface area contributed by atoms with Crippen molar-refractivity contribution in [3.8, 4) is 23.0 Å². The Hall–Kier alpha value is -6.36. The molecule has 0 bridgehead atoms. The van der Waals surface area contributed by atoms with E-state index < -0.39 is 191 Å². The minimum Gasteiger partial charge on any atom is -0.458 e. The molecular formula is C47H46ClF10N8O12PS2. The van der Waals surface area contributed by atoms with Crippen LogP contribution in [0.5, 0.6) is 0 Å². The van der Waals surface area contributed by atoms with Gasteiger partial charge in [-0.2, -0.15) is 49.6 Å². The highest BCUT2D eigenvalue weighted by atomic mass is 35.5. The van der Waals surface area contributed by atoms with E-state index in [9.17, 15) is 80.7 Å². The second-order valence-electron chi connectivity index (χ2n) is 20.4. The number of carbonyl (C=O) groups excluding carboxylic acids is 3. The topological polar surface area (TPSA) is 271 Å². The summed E-state index contributed by atoms with van der Waals surface area (Å²) in [5.74, 6) is -8.16. The van der Waals surface area contributed by atoms with Gasteiger partial charge in [-0.05, 0) is 95.2 Å². The number of pyridine rings is 1. The van der Waals surface area contributed by atoms with Crippen LogP contribution >= 0.6 is 19.4 Å². The zero-order valence-corrected chi connectivity index (χ0v) is 46.3. The van der Waals surface area contributed by atoms with Gasteiger partial charge in [-0.3, -0.25) is 18.7 Å². The molecule has 3 aromatic heterocycles. The fourth-order valence-corrected chi connectivity index (χ4v) is 10.3. The maximum absolute atomic E-state index is 15.7. The Kier molecular flexibility index (Phi) is 16.5. The predicted molar refractivity (Wildman–Crippen MR) is 266 cm³/mol. The van der Waals surface area contributed by atoms with Crippen molar-refractivity contribution >= 4 is 73.9 Å². The van der Waals surface area contributed by atoms with Crippen LogP contribution in [0.4, 0.5) is 54.5 Å². The fraction of sp³-hybridized carbons (Fsp3) is 0.447. The molecule has 3 amide bonds. The number of phosphoric ester groups is 1. The molecule has 0 spiro atoms. The minimum atomic E-state index is -5.45. The van der Waals surface area contributed by atoms with E-state index in [1.807, 2.05) is 5.32 Å². The highest BCUT2D eigenvalue weighted by molar-refractivity contribution is 7.93. The fourth-order valence-electron chi connectivity index (χ4n) is 8.72. The number of phosphoric acid groups is 1. The number of nitrogens with one attached hydrogen (secondary N) is 2. The van der Waals surface area contributed by atoms with Crippen LogP contribution in [-0.2, 0) is 74.9 Å². The highest BCUT2D eigenvalue weighted by Crippen LogP contribution is 2.68. The number of rotatable bonds is 16. The first-order valence-electron chi connectivity index (χ1n) is 23.4. The van der Waals surface area contributed by atoms with Crippen molar-refractivity contribution in [3.05, 3.63) is 93.0 Å². The maximum Gasteiger partial charge on any atom is 0.469 e. The summed E-state index contributed by atoms with van der Waals surface area (Å²) in [4.78, 5) is 65.0. The Morgan fingerprint density at radius 1 is 0.926 bits per heavy atom. The van der Waals surface area contributed by atoms with Gasteiger partial charge in [-0.15, -0.1) is 0 Å². The van der Waals surface area contributed by atoms with Crippen LogP contribution in [0, 0.1) is 29.4 Å². The minimum absolute atomic E-state index is 0.114. The Balaban J connectivity index is 1.47. The molecule has 4 atom stereocenters. The van der Waals surface area contributed by atoms with E-state index in [0.29, 0.717) is 12.3 Å². The summed E-state index contributed by atoms with van der Waals surface area (Å²) in [6.07, 6.45) is -10.5. The van der Waals surface area contributed by atoms with E-state index >= 15 is 8.78 Å². The monoisotopic (exact) mass is 1230 g/mol. The molecule has 0 saturated heterocycles. The van der Waals surface area contributed by atoms with Crippen LogP contribution in [0.25, 0.3) is 22.0 Å². The molecule has 5 aromatic rings. The number of anilines is 1. The molecule has 20 nitrogen and oxygen atoms in total. The third kappa shape index (κ3) is 13.9. The number of halogens is 11. The third-order valence-electron chi connectivity index (χ3n) is 12.4. The Morgan fingerprint density at radius 2 is 1.54 bits per heavy atom. The molecule has 3 heterocycles. The van der Waals surface area contributed by atoms with Crippen LogP contribution in [0.3, 0.4) is 0 Å². The Morgan fingerprint density at radius 3 is 2.10 bits per heavy atom. The lowest BCUT2D eigenvalue weighted by Gasteiger charge is -2.26. The van der Waals surface area contributed by atoms with Gasteiger partial charge in [-0.25, -0.2) is 44.8 Å². The molecular weight excluding hydrogens is 1190 g/mol. The molecule has 2 unspecified atom stereocenters. The van der Waals surface area contributed by atoms with E-state index in [1.54, 1.807) is 0 Å². The van der Waals surface area contributed by atoms with Crippen molar-refractivity contribution in [2.24, 2.45) is 5.92 Å². The Labute approximate surface area is 458 Å². The summed E-state index contributed by atoms with van der Waals surface area (Å²) >= 11 is 6.66. The highest BCUT2D eigenvalue weighted by Gasteiger charge is 2.68. The number of carbonyl (C=O) groups is 3. The summed E-state index contributed by atoms with van der Waals surface area (Å²) in [6.45, 7) is 1.51. The van der Waals surface area contributed by atoms with E-state index in [2.05, 4.69) is 36.9 Å². The van der Waals surface area contributed by atoms with Gasteiger partial charge in [0.25, 0.3) is 5.92 Å². The van der Waals surface area contributed by atoms with E-state index in [1.165, 1.54) is 34.6 Å². The van der Waals surface area contributed by atoms with Crippen molar-refractivity contribution in [2.75, 3.05) is 23.4 Å². The molecule has 1 fully saturated rings. The number of alkyl halides is 8. The number of amides is 3. The van der Waals surface area contributed by atoms with Gasteiger partial charge in [0, 0.05) is 34.9 Å². The number of ether oxygens (including phenoxy) is 1. The zero-order valence-electron chi connectivity index (χ0n) is 43.0. The van der Waals surface area contributed by atoms with E-state index in [-0.39, 0.29) is 31.3 Å². The summed E-state index contributed by atoms with van der Waals surface area (Å²) in [5.41, 5.74) is -8.09. The number of sulfonamides is 1. The van der Waals surface area contributed by atoms with Crippen molar-refractivity contribution in [1.82, 2.24) is 35.2 Å². The molecule has 2 aliphatic carbocycles. The number of fused-ring (bicyclic) bond motifs is 4. The first kappa shape index (κ1) is 62.2. The molecule has 0 radical (unpaired) electrons.